The highest BCUT2D eigenvalue weighted by Gasteiger charge is 2.22. The first-order valence-corrected chi connectivity index (χ1v) is 9.22. The van der Waals surface area contributed by atoms with Crippen molar-refractivity contribution >= 4 is 28.5 Å². The molecule has 0 bridgehead atoms. The number of carbonyl (C=O) groups excluding carboxylic acids is 1. The van der Waals surface area contributed by atoms with Gasteiger partial charge in [0.25, 0.3) is 0 Å². The van der Waals surface area contributed by atoms with Crippen molar-refractivity contribution in [3.63, 3.8) is 0 Å². The number of hydrogen-bond acceptors (Lipinski definition) is 6. The van der Waals surface area contributed by atoms with Crippen molar-refractivity contribution in [2.45, 2.75) is 6.54 Å². The van der Waals surface area contributed by atoms with Crippen LogP contribution in [0.5, 0.6) is 5.75 Å². The summed E-state index contributed by atoms with van der Waals surface area (Å²) in [6.45, 7) is 4.53. The molecule has 6 nitrogen and oxygen atoms in total. The Bertz CT molecular complexity index is 951. The summed E-state index contributed by atoms with van der Waals surface area (Å²) in [5, 5.41) is 1.35. The van der Waals surface area contributed by atoms with Crippen LogP contribution in [0.3, 0.4) is 0 Å². The fourth-order valence-electron chi connectivity index (χ4n) is 3.24. The number of likely N-dealkylation sites (N-methyl/N-ethyl adjacent to an activating group) is 1. The molecule has 140 valence electrons. The molecular weight excluding hydrogens is 366 g/mol. The number of hydrogen-bond donors (Lipinski definition) is 0. The highest BCUT2D eigenvalue weighted by atomic mass is 35.5. The molecule has 1 aromatic carbocycles. The number of furan rings is 1. The van der Waals surface area contributed by atoms with Crippen LogP contribution in [0.2, 0.25) is 5.02 Å². The van der Waals surface area contributed by atoms with E-state index in [-0.39, 0.29) is 5.76 Å². The van der Waals surface area contributed by atoms with E-state index in [0.717, 1.165) is 37.1 Å². The van der Waals surface area contributed by atoms with Crippen molar-refractivity contribution in [2.75, 3.05) is 33.2 Å². The Morgan fingerprint density at radius 1 is 1.26 bits per heavy atom. The van der Waals surface area contributed by atoms with Crippen LogP contribution in [-0.4, -0.2) is 54.0 Å². The van der Waals surface area contributed by atoms with Crippen LogP contribution < -0.4 is 4.74 Å². The van der Waals surface area contributed by atoms with Gasteiger partial charge in [-0.2, -0.15) is 0 Å². The highest BCUT2D eigenvalue weighted by Crippen LogP contribution is 2.35. The van der Waals surface area contributed by atoms with Gasteiger partial charge in [-0.15, -0.1) is 0 Å². The molecule has 0 spiro atoms. The van der Waals surface area contributed by atoms with Crippen LogP contribution in [0, 0.1) is 0 Å². The van der Waals surface area contributed by atoms with Gasteiger partial charge in [-0.1, -0.05) is 11.6 Å². The molecule has 4 rings (SSSR count). The van der Waals surface area contributed by atoms with E-state index in [4.69, 9.17) is 20.8 Å². The Hall–Kier alpha value is -2.41. The predicted molar refractivity (Wildman–Crippen MR) is 103 cm³/mol. The second-order valence-corrected chi connectivity index (χ2v) is 7.10. The molecule has 0 N–H and O–H groups in total. The van der Waals surface area contributed by atoms with Crippen LogP contribution in [0.4, 0.5) is 0 Å². The number of pyridine rings is 1. The van der Waals surface area contributed by atoms with E-state index in [1.807, 2.05) is 18.2 Å². The van der Waals surface area contributed by atoms with E-state index in [1.54, 1.807) is 18.3 Å². The van der Waals surface area contributed by atoms with E-state index in [9.17, 15) is 4.79 Å². The highest BCUT2D eigenvalue weighted by molar-refractivity contribution is 6.35. The van der Waals surface area contributed by atoms with Gasteiger partial charge in [0.15, 0.2) is 5.75 Å². The molecule has 0 atom stereocenters. The van der Waals surface area contributed by atoms with Gasteiger partial charge < -0.3 is 14.1 Å². The molecule has 3 aromatic rings. The number of esters is 1. The van der Waals surface area contributed by atoms with E-state index in [2.05, 4.69) is 21.8 Å². The van der Waals surface area contributed by atoms with E-state index in [1.165, 1.54) is 6.26 Å². The smallest absolute Gasteiger partial charge is 0.379 e. The zero-order valence-electron chi connectivity index (χ0n) is 15.0. The number of nitrogens with zero attached hydrogens (tertiary/aromatic N) is 3. The Balaban J connectivity index is 1.71. The van der Waals surface area contributed by atoms with Gasteiger partial charge in [0.1, 0.15) is 5.52 Å². The van der Waals surface area contributed by atoms with Gasteiger partial charge in [0, 0.05) is 49.9 Å². The SMILES string of the molecule is CN1CCN(Cc2cc(Cl)c3cccnc3c2OC(=O)c2ccco2)CC1. The summed E-state index contributed by atoms with van der Waals surface area (Å²) in [6.07, 6.45) is 3.11. The van der Waals surface area contributed by atoms with Gasteiger partial charge in [-0.05, 0) is 37.4 Å². The number of fused-ring (bicyclic) bond motifs is 1. The maximum Gasteiger partial charge on any atom is 0.379 e. The molecule has 3 heterocycles. The number of halogens is 1. The molecule has 0 radical (unpaired) electrons. The summed E-state index contributed by atoms with van der Waals surface area (Å²) in [6, 6.07) is 8.78. The molecule has 1 fully saturated rings. The van der Waals surface area contributed by atoms with Crippen molar-refractivity contribution in [3.05, 3.63) is 59.1 Å². The molecule has 0 amide bonds. The summed E-state index contributed by atoms with van der Waals surface area (Å²) in [7, 11) is 2.12. The number of carbonyl (C=O) groups is 1. The van der Waals surface area contributed by atoms with Crippen LogP contribution in [0.1, 0.15) is 16.1 Å². The lowest BCUT2D eigenvalue weighted by Crippen LogP contribution is -2.43. The number of piperazine rings is 1. The van der Waals surface area contributed by atoms with Crippen molar-refractivity contribution in [2.24, 2.45) is 0 Å². The second-order valence-electron chi connectivity index (χ2n) is 6.69. The monoisotopic (exact) mass is 385 g/mol. The molecule has 0 saturated carbocycles. The Morgan fingerprint density at radius 3 is 2.81 bits per heavy atom. The summed E-state index contributed by atoms with van der Waals surface area (Å²) in [5.41, 5.74) is 1.42. The van der Waals surface area contributed by atoms with Gasteiger partial charge >= 0.3 is 5.97 Å². The maximum atomic E-state index is 12.5. The lowest BCUT2D eigenvalue weighted by Gasteiger charge is -2.32. The topological polar surface area (TPSA) is 58.8 Å². The van der Waals surface area contributed by atoms with Crippen LogP contribution >= 0.6 is 11.6 Å². The third-order valence-electron chi connectivity index (χ3n) is 4.78. The standard InChI is InChI=1S/C20H20ClN3O3/c1-23-7-9-24(10-8-23)13-14-12-16(21)15-4-2-6-22-18(15)19(14)27-20(25)17-5-3-11-26-17/h2-6,11-12H,7-10,13H2,1H3. The summed E-state index contributed by atoms with van der Waals surface area (Å²) in [5.74, 6) is 0.0452. The van der Waals surface area contributed by atoms with Gasteiger partial charge in [-0.25, -0.2) is 4.79 Å². The van der Waals surface area contributed by atoms with Gasteiger partial charge in [-0.3, -0.25) is 9.88 Å². The van der Waals surface area contributed by atoms with Gasteiger partial charge in [0.2, 0.25) is 5.76 Å². The minimum atomic E-state index is -0.547. The lowest BCUT2D eigenvalue weighted by molar-refractivity contribution is 0.0699. The maximum absolute atomic E-state index is 12.5. The minimum Gasteiger partial charge on any atom is -0.457 e. The molecule has 0 unspecified atom stereocenters. The fraction of sp³-hybridized carbons (Fsp3) is 0.300. The molecule has 0 aliphatic carbocycles. The third-order valence-corrected chi connectivity index (χ3v) is 5.09. The zero-order chi connectivity index (χ0) is 18.8. The summed E-state index contributed by atoms with van der Waals surface area (Å²) in [4.78, 5) is 21.5. The first-order chi connectivity index (χ1) is 13.1. The fourth-order valence-corrected chi connectivity index (χ4v) is 3.53. The molecule has 2 aromatic heterocycles. The molecule has 1 aliphatic heterocycles. The van der Waals surface area contributed by atoms with Gasteiger partial charge in [0.05, 0.1) is 11.3 Å². The first kappa shape index (κ1) is 18.0. The largest absolute Gasteiger partial charge is 0.457 e. The number of benzene rings is 1. The van der Waals surface area contributed by atoms with Crippen LogP contribution in [-0.2, 0) is 6.54 Å². The average Bonchev–Trinajstić information content (AvgIpc) is 3.21. The van der Waals surface area contributed by atoms with Crippen molar-refractivity contribution in [1.29, 1.82) is 0 Å². The minimum absolute atomic E-state index is 0.152. The average molecular weight is 386 g/mol. The lowest BCUT2D eigenvalue weighted by atomic mass is 10.1. The van der Waals surface area contributed by atoms with Crippen LogP contribution in [0.15, 0.2) is 47.2 Å². The molecule has 27 heavy (non-hydrogen) atoms. The third kappa shape index (κ3) is 3.83. The number of rotatable bonds is 4. The van der Waals surface area contributed by atoms with Crippen LogP contribution in [0.25, 0.3) is 10.9 Å². The number of ether oxygens (including phenoxy) is 1. The van der Waals surface area contributed by atoms with Crippen molar-refractivity contribution < 1.29 is 13.9 Å². The Labute approximate surface area is 162 Å². The molecule has 7 heteroatoms. The molecular formula is C20H20ClN3O3. The van der Waals surface area contributed by atoms with E-state index in [0.29, 0.717) is 22.8 Å². The Morgan fingerprint density at radius 2 is 2.07 bits per heavy atom. The Kier molecular flexibility index (Phi) is 5.11. The van der Waals surface area contributed by atoms with Crippen molar-refractivity contribution in [3.8, 4) is 5.75 Å². The molecule has 1 saturated heterocycles. The quantitative estimate of drug-likeness (QED) is 0.506. The normalized spacial score (nSPS) is 15.9. The summed E-state index contributed by atoms with van der Waals surface area (Å²) < 4.78 is 10.9. The van der Waals surface area contributed by atoms with Crippen molar-refractivity contribution in [1.82, 2.24) is 14.8 Å². The number of aromatic nitrogens is 1. The van der Waals surface area contributed by atoms with E-state index >= 15 is 0 Å². The zero-order valence-corrected chi connectivity index (χ0v) is 15.8. The second kappa shape index (κ2) is 7.68. The predicted octanol–water partition coefficient (Wildman–Crippen LogP) is 3.45. The first-order valence-electron chi connectivity index (χ1n) is 8.84. The molecule has 1 aliphatic rings. The van der Waals surface area contributed by atoms with E-state index < -0.39 is 5.97 Å². The summed E-state index contributed by atoms with van der Waals surface area (Å²) >= 11 is 6.49.